The number of hydrogen-bond acceptors (Lipinski definition) is 6. The van der Waals surface area contributed by atoms with Crippen molar-refractivity contribution < 1.29 is 23.9 Å². The van der Waals surface area contributed by atoms with Crippen LogP contribution in [-0.4, -0.2) is 31.1 Å². The van der Waals surface area contributed by atoms with Crippen molar-refractivity contribution in [3.8, 4) is 11.5 Å². The number of rotatable bonds is 6. The highest BCUT2D eigenvalue weighted by molar-refractivity contribution is 6.41. The van der Waals surface area contributed by atoms with E-state index in [1.807, 2.05) is 0 Å². The van der Waals surface area contributed by atoms with E-state index in [-0.39, 0.29) is 5.75 Å². The molecule has 162 valence electrons. The molecule has 3 aromatic rings. The number of hydrogen-bond donors (Lipinski definition) is 2. The summed E-state index contributed by atoms with van der Waals surface area (Å²) in [5.41, 5.74) is 3.17. The highest BCUT2D eigenvalue weighted by Crippen LogP contribution is 2.20. The number of anilines is 1. The first-order valence-electron chi connectivity index (χ1n) is 9.32. The summed E-state index contributed by atoms with van der Waals surface area (Å²) in [5, 5.41) is 6.45. The summed E-state index contributed by atoms with van der Waals surface area (Å²) in [6, 6.07) is 19.6. The van der Waals surface area contributed by atoms with Crippen LogP contribution in [0.2, 0.25) is 5.02 Å². The third kappa shape index (κ3) is 5.93. The fourth-order valence-corrected chi connectivity index (χ4v) is 2.70. The molecular formula is C23H18ClN3O5. The Morgan fingerprint density at radius 2 is 1.59 bits per heavy atom. The number of nitrogens with one attached hydrogen (secondary N) is 2. The monoisotopic (exact) mass is 451 g/mol. The van der Waals surface area contributed by atoms with Crippen molar-refractivity contribution in [1.82, 2.24) is 5.43 Å². The summed E-state index contributed by atoms with van der Waals surface area (Å²) in [6.45, 7) is 0. The zero-order chi connectivity index (χ0) is 22.9. The molecule has 3 aromatic carbocycles. The van der Waals surface area contributed by atoms with Crippen LogP contribution in [-0.2, 0) is 9.59 Å². The predicted molar refractivity (Wildman–Crippen MR) is 120 cm³/mol. The molecule has 0 fully saturated rings. The van der Waals surface area contributed by atoms with Gasteiger partial charge in [0.05, 0.1) is 29.6 Å². The number of ether oxygens (including phenoxy) is 2. The second-order valence-electron chi connectivity index (χ2n) is 6.29. The average Bonchev–Trinajstić information content (AvgIpc) is 2.81. The maximum Gasteiger partial charge on any atom is 0.343 e. The Morgan fingerprint density at radius 3 is 2.31 bits per heavy atom. The number of carbonyl (C=O) groups is 3. The van der Waals surface area contributed by atoms with Gasteiger partial charge < -0.3 is 14.8 Å². The molecule has 0 unspecified atom stereocenters. The van der Waals surface area contributed by atoms with E-state index in [1.54, 1.807) is 72.8 Å². The zero-order valence-electron chi connectivity index (χ0n) is 16.9. The number of carbonyl (C=O) groups excluding carboxylic acids is 3. The van der Waals surface area contributed by atoms with Gasteiger partial charge in [-0.05, 0) is 48.5 Å². The normalized spacial score (nSPS) is 10.4. The van der Waals surface area contributed by atoms with E-state index in [4.69, 9.17) is 21.1 Å². The van der Waals surface area contributed by atoms with Crippen LogP contribution in [0.5, 0.6) is 11.5 Å². The number of esters is 1. The fourth-order valence-electron chi connectivity index (χ4n) is 2.52. The van der Waals surface area contributed by atoms with Crippen LogP contribution in [0.3, 0.4) is 0 Å². The first-order chi connectivity index (χ1) is 15.5. The Labute approximate surface area is 188 Å². The van der Waals surface area contributed by atoms with Crippen molar-refractivity contribution in [1.29, 1.82) is 0 Å². The summed E-state index contributed by atoms with van der Waals surface area (Å²) in [4.78, 5) is 36.4. The van der Waals surface area contributed by atoms with Crippen molar-refractivity contribution in [2.75, 3.05) is 12.4 Å². The van der Waals surface area contributed by atoms with E-state index in [2.05, 4.69) is 15.8 Å². The number of amides is 2. The molecule has 0 saturated carbocycles. The van der Waals surface area contributed by atoms with Crippen LogP contribution in [0, 0.1) is 0 Å². The third-order valence-corrected chi connectivity index (χ3v) is 4.47. The minimum absolute atomic E-state index is 0.229. The molecule has 0 aliphatic carbocycles. The first kappa shape index (κ1) is 22.5. The molecule has 32 heavy (non-hydrogen) atoms. The third-order valence-electron chi connectivity index (χ3n) is 4.15. The second kappa shape index (κ2) is 10.7. The van der Waals surface area contributed by atoms with Crippen LogP contribution in [0.25, 0.3) is 0 Å². The van der Waals surface area contributed by atoms with E-state index in [1.165, 1.54) is 13.3 Å². The molecule has 0 bridgehead atoms. The lowest BCUT2D eigenvalue weighted by Crippen LogP contribution is -2.32. The average molecular weight is 452 g/mol. The number of halogens is 1. The molecule has 8 nitrogen and oxygen atoms in total. The Bertz CT molecular complexity index is 1160. The summed E-state index contributed by atoms with van der Waals surface area (Å²) in [6.07, 6.45) is 1.26. The highest BCUT2D eigenvalue weighted by Gasteiger charge is 2.15. The topological polar surface area (TPSA) is 106 Å². The van der Waals surface area contributed by atoms with Gasteiger partial charge in [0.15, 0.2) is 0 Å². The van der Waals surface area contributed by atoms with Gasteiger partial charge in [0.1, 0.15) is 11.5 Å². The maximum atomic E-state index is 12.4. The van der Waals surface area contributed by atoms with Gasteiger partial charge >= 0.3 is 17.8 Å². The maximum absolute atomic E-state index is 12.4. The molecule has 0 radical (unpaired) electrons. The number of benzene rings is 3. The van der Waals surface area contributed by atoms with E-state index in [0.29, 0.717) is 27.6 Å². The molecule has 2 N–H and O–H groups in total. The van der Waals surface area contributed by atoms with Crippen molar-refractivity contribution >= 4 is 41.3 Å². The SMILES string of the molecule is COc1ccc(C(=O)Oc2ccccc2C=NNC(=O)C(=O)Nc2ccccc2Cl)cc1. The lowest BCUT2D eigenvalue weighted by atomic mass is 10.2. The first-order valence-corrected chi connectivity index (χ1v) is 9.70. The molecule has 0 aliphatic rings. The molecule has 0 heterocycles. The van der Waals surface area contributed by atoms with E-state index < -0.39 is 17.8 Å². The van der Waals surface area contributed by atoms with Gasteiger partial charge in [0, 0.05) is 5.56 Å². The molecular weight excluding hydrogens is 434 g/mol. The van der Waals surface area contributed by atoms with Crippen molar-refractivity contribution in [2.45, 2.75) is 0 Å². The number of hydrazone groups is 1. The Kier molecular flexibility index (Phi) is 7.55. The van der Waals surface area contributed by atoms with E-state index in [0.717, 1.165) is 0 Å². The molecule has 0 spiro atoms. The molecule has 0 saturated heterocycles. The van der Waals surface area contributed by atoms with Crippen LogP contribution >= 0.6 is 11.6 Å². The van der Waals surface area contributed by atoms with Gasteiger partial charge in [-0.2, -0.15) is 5.10 Å². The van der Waals surface area contributed by atoms with E-state index in [9.17, 15) is 14.4 Å². The summed E-state index contributed by atoms with van der Waals surface area (Å²) in [5.74, 6) is -1.66. The van der Waals surface area contributed by atoms with Gasteiger partial charge in [-0.3, -0.25) is 9.59 Å². The molecule has 9 heteroatoms. The minimum atomic E-state index is -0.992. The Balaban J connectivity index is 1.62. The van der Waals surface area contributed by atoms with Gasteiger partial charge in [-0.1, -0.05) is 35.9 Å². The summed E-state index contributed by atoms with van der Waals surface area (Å²) < 4.78 is 10.5. The standard InChI is InChI=1S/C23H18ClN3O5/c1-31-17-12-10-15(11-13-17)23(30)32-20-9-5-2-6-16(20)14-25-27-22(29)21(28)26-19-8-4-3-7-18(19)24/h2-14H,1H3,(H,26,28)(H,27,29). The quantitative estimate of drug-likeness (QED) is 0.195. The second-order valence-corrected chi connectivity index (χ2v) is 6.70. The molecule has 2 amide bonds. The van der Waals surface area contributed by atoms with Gasteiger partial charge in [-0.15, -0.1) is 0 Å². The zero-order valence-corrected chi connectivity index (χ0v) is 17.6. The van der Waals surface area contributed by atoms with Crippen LogP contribution in [0.4, 0.5) is 5.69 Å². The van der Waals surface area contributed by atoms with Gasteiger partial charge in [0.2, 0.25) is 0 Å². The number of para-hydroxylation sites is 2. The lowest BCUT2D eigenvalue weighted by Gasteiger charge is -2.08. The number of methoxy groups -OCH3 is 1. The largest absolute Gasteiger partial charge is 0.497 e. The lowest BCUT2D eigenvalue weighted by molar-refractivity contribution is -0.136. The number of nitrogens with zero attached hydrogens (tertiary/aromatic N) is 1. The van der Waals surface area contributed by atoms with Crippen LogP contribution < -0.4 is 20.2 Å². The molecule has 0 aliphatic heterocycles. The van der Waals surface area contributed by atoms with Gasteiger partial charge in [-0.25, -0.2) is 10.2 Å². The molecule has 0 aromatic heterocycles. The fraction of sp³-hybridized carbons (Fsp3) is 0.0435. The molecule has 3 rings (SSSR count). The van der Waals surface area contributed by atoms with Crippen LogP contribution in [0.1, 0.15) is 15.9 Å². The Hall–Kier alpha value is -4.17. The van der Waals surface area contributed by atoms with Crippen molar-refractivity contribution in [3.63, 3.8) is 0 Å². The highest BCUT2D eigenvalue weighted by atomic mass is 35.5. The predicted octanol–water partition coefficient (Wildman–Crippen LogP) is 3.66. The van der Waals surface area contributed by atoms with Crippen LogP contribution in [0.15, 0.2) is 77.9 Å². The van der Waals surface area contributed by atoms with Crippen molar-refractivity contribution in [3.05, 3.63) is 88.9 Å². The molecule has 0 atom stereocenters. The van der Waals surface area contributed by atoms with E-state index >= 15 is 0 Å². The summed E-state index contributed by atoms with van der Waals surface area (Å²) in [7, 11) is 1.53. The summed E-state index contributed by atoms with van der Waals surface area (Å²) >= 11 is 5.95. The Morgan fingerprint density at radius 1 is 0.906 bits per heavy atom. The minimum Gasteiger partial charge on any atom is -0.497 e. The van der Waals surface area contributed by atoms with Crippen molar-refractivity contribution in [2.24, 2.45) is 5.10 Å². The van der Waals surface area contributed by atoms with Gasteiger partial charge in [0.25, 0.3) is 0 Å². The smallest absolute Gasteiger partial charge is 0.343 e.